The van der Waals surface area contributed by atoms with Crippen molar-refractivity contribution >= 4 is 17.7 Å². The van der Waals surface area contributed by atoms with Gasteiger partial charge in [-0.3, -0.25) is 9.59 Å². The van der Waals surface area contributed by atoms with E-state index in [1.54, 1.807) is 19.1 Å². The van der Waals surface area contributed by atoms with Crippen molar-refractivity contribution in [2.75, 3.05) is 0 Å². The fraction of sp³-hybridized carbons (Fsp3) is 0.214. The van der Waals surface area contributed by atoms with E-state index in [0.29, 0.717) is 16.6 Å². The molecule has 0 spiro atoms. The van der Waals surface area contributed by atoms with Crippen LogP contribution in [0.15, 0.2) is 34.2 Å². The smallest absolute Gasteiger partial charge is 0.308 e. The molecule has 1 aromatic carbocycles. The van der Waals surface area contributed by atoms with E-state index in [2.05, 4.69) is 9.97 Å². The summed E-state index contributed by atoms with van der Waals surface area (Å²) < 4.78 is 12.8. The predicted molar refractivity (Wildman–Crippen MR) is 76.9 cm³/mol. The number of aryl methyl sites for hydroxylation is 1. The van der Waals surface area contributed by atoms with Crippen molar-refractivity contribution in [3.05, 3.63) is 57.3 Å². The third-order valence-corrected chi connectivity index (χ3v) is 3.76. The summed E-state index contributed by atoms with van der Waals surface area (Å²) in [5.74, 6) is -0.845. The van der Waals surface area contributed by atoms with Crippen LogP contribution >= 0.6 is 11.8 Å². The number of aliphatic carboxylic acids is 1. The third-order valence-electron chi connectivity index (χ3n) is 2.82. The van der Waals surface area contributed by atoms with Gasteiger partial charge in [-0.2, -0.15) is 0 Å². The van der Waals surface area contributed by atoms with Gasteiger partial charge in [-0.05, 0) is 24.6 Å². The molecule has 0 aliphatic carbocycles. The Bertz CT molecular complexity index is 713. The minimum Gasteiger partial charge on any atom is -0.481 e. The fourth-order valence-electron chi connectivity index (χ4n) is 1.74. The maximum atomic E-state index is 12.8. The van der Waals surface area contributed by atoms with Gasteiger partial charge in [0.1, 0.15) is 5.82 Å². The van der Waals surface area contributed by atoms with Crippen LogP contribution in [0.1, 0.15) is 16.8 Å². The number of carboxylic acid groups (broad SMARTS) is 1. The highest BCUT2D eigenvalue weighted by atomic mass is 32.2. The third kappa shape index (κ3) is 4.16. The van der Waals surface area contributed by atoms with Gasteiger partial charge < -0.3 is 10.1 Å². The molecule has 0 radical (unpaired) electrons. The summed E-state index contributed by atoms with van der Waals surface area (Å²) in [6.45, 7) is 1.61. The lowest BCUT2D eigenvalue weighted by atomic mass is 10.2. The van der Waals surface area contributed by atoms with Crippen molar-refractivity contribution in [2.45, 2.75) is 24.3 Å². The van der Waals surface area contributed by atoms with Crippen LogP contribution in [0.2, 0.25) is 0 Å². The first-order valence-electron chi connectivity index (χ1n) is 6.14. The van der Waals surface area contributed by atoms with E-state index in [0.717, 1.165) is 5.56 Å². The van der Waals surface area contributed by atoms with E-state index in [1.807, 2.05) is 0 Å². The Balaban J connectivity index is 2.12. The molecule has 5 nitrogen and oxygen atoms in total. The molecule has 0 aliphatic heterocycles. The second-order valence-corrected chi connectivity index (χ2v) is 5.38. The number of hydrogen-bond acceptors (Lipinski definition) is 4. The summed E-state index contributed by atoms with van der Waals surface area (Å²) in [6, 6.07) is 6.05. The SMILES string of the molecule is Cc1nc(SCc2ccc(F)cc2)[nH]c(=O)c1CC(=O)O. The largest absolute Gasteiger partial charge is 0.481 e. The second-order valence-electron chi connectivity index (χ2n) is 4.42. The van der Waals surface area contributed by atoms with Gasteiger partial charge >= 0.3 is 5.97 Å². The van der Waals surface area contributed by atoms with Crippen LogP contribution in [0, 0.1) is 12.7 Å². The Morgan fingerprint density at radius 2 is 2.05 bits per heavy atom. The zero-order valence-electron chi connectivity index (χ0n) is 11.2. The molecular weight excluding hydrogens is 295 g/mol. The quantitative estimate of drug-likeness (QED) is 0.653. The van der Waals surface area contributed by atoms with E-state index >= 15 is 0 Å². The van der Waals surface area contributed by atoms with Gasteiger partial charge in [0.05, 0.1) is 6.42 Å². The van der Waals surface area contributed by atoms with Gasteiger partial charge in [0, 0.05) is 17.0 Å². The van der Waals surface area contributed by atoms with E-state index in [9.17, 15) is 14.0 Å². The van der Waals surface area contributed by atoms with Crippen molar-refractivity contribution in [2.24, 2.45) is 0 Å². The van der Waals surface area contributed by atoms with E-state index in [-0.39, 0.29) is 17.8 Å². The Morgan fingerprint density at radius 3 is 2.62 bits per heavy atom. The highest BCUT2D eigenvalue weighted by molar-refractivity contribution is 7.98. The van der Waals surface area contributed by atoms with Crippen molar-refractivity contribution < 1.29 is 14.3 Å². The standard InChI is InChI=1S/C14H13FN2O3S/c1-8-11(6-12(18)19)13(20)17-14(16-8)21-7-9-2-4-10(15)5-3-9/h2-5H,6-7H2,1H3,(H,18,19)(H,16,17,20). The number of carbonyl (C=O) groups is 1. The molecule has 0 aliphatic rings. The van der Waals surface area contributed by atoms with Gasteiger partial charge in [-0.1, -0.05) is 23.9 Å². The van der Waals surface area contributed by atoms with E-state index in [1.165, 1.54) is 23.9 Å². The monoisotopic (exact) mass is 308 g/mol. The maximum Gasteiger partial charge on any atom is 0.308 e. The lowest BCUT2D eigenvalue weighted by Gasteiger charge is -2.05. The van der Waals surface area contributed by atoms with Gasteiger partial charge in [0.25, 0.3) is 5.56 Å². The summed E-state index contributed by atoms with van der Waals surface area (Å²) in [4.78, 5) is 29.3. The van der Waals surface area contributed by atoms with E-state index < -0.39 is 11.5 Å². The normalized spacial score (nSPS) is 10.6. The predicted octanol–water partition coefficient (Wildman–Crippen LogP) is 2.14. The van der Waals surface area contributed by atoms with Crippen LogP contribution in [0.4, 0.5) is 4.39 Å². The van der Waals surface area contributed by atoms with Crippen LogP contribution in [-0.4, -0.2) is 21.0 Å². The number of carboxylic acids is 1. The van der Waals surface area contributed by atoms with Crippen LogP contribution in [0.3, 0.4) is 0 Å². The lowest BCUT2D eigenvalue weighted by molar-refractivity contribution is -0.136. The van der Waals surface area contributed by atoms with Crippen LogP contribution < -0.4 is 5.56 Å². The number of rotatable bonds is 5. The molecular formula is C14H13FN2O3S. The summed E-state index contributed by atoms with van der Waals surface area (Å²) in [7, 11) is 0. The number of nitrogens with one attached hydrogen (secondary N) is 1. The average Bonchev–Trinajstić information content (AvgIpc) is 2.42. The zero-order valence-corrected chi connectivity index (χ0v) is 12.0. The summed E-state index contributed by atoms with van der Waals surface area (Å²) >= 11 is 1.30. The maximum absolute atomic E-state index is 12.8. The molecule has 7 heteroatoms. The number of thioether (sulfide) groups is 1. The minimum atomic E-state index is -1.07. The van der Waals surface area contributed by atoms with Gasteiger partial charge in [-0.15, -0.1) is 0 Å². The molecule has 0 bridgehead atoms. The molecule has 2 aromatic rings. The number of nitrogens with zero attached hydrogens (tertiary/aromatic N) is 1. The minimum absolute atomic E-state index is 0.161. The molecule has 2 N–H and O–H groups in total. The van der Waals surface area contributed by atoms with Crippen molar-refractivity contribution in [3.8, 4) is 0 Å². The molecule has 110 valence electrons. The topological polar surface area (TPSA) is 83.0 Å². The van der Waals surface area contributed by atoms with Gasteiger partial charge in [0.15, 0.2) is 5.16 Å². The first kappa shape index (κ1) is 15.2. The Hall–Kier alpha value is -2.15. The number of aromatic amines is 1. The highest BCUT2D eigenvalue weighted by Gasteiger charge is 2.12. The molecule has 0 saturated carbocycles. The molecule has 21 heavy (non-hydrogen) atoms. The molecule has 2 rings (SSSR count). The van der Waals surface area contributed by atoms with Gasteiger partial charge in [-0.25, -0.2) is 9.37 Å². The average molecular weight is 308 g/mol. The Labute approximate surface area is 124 Å². The molecule has 0 fully saturated rings. The molecule has 0 amide bonds. The number of hydrogen-bond donors (Lipinski definition) is 2. The molecule has 0 saturated heterocycles. The van der Waals surface area contributed by atoms with E-state index in [4.69, 9.17) is 5.11 Å². The number of halogens is 1. The van der Waals surface area contributed by atoms with Crippen molar-refractivity contribution in [3.63, 3.8) is 0 Å². The summed E-state index contributed by atoms with van der Waals surface area (Å²) in [5, 5.41) is 9.16. The zero-order chi connectivity index (χ0) is 15.4. The Kier molecular flexibility index (Phi) is 4.74. The van der Waals surface area contributed by atoms with Crippen LogP contribution in [0.5, 0.6) is 0 Å². The Morgan fingerprint density at radius 1 is 1.38 bits per heavy atom. The van der Waals surface area contributed by atoms with Crippen LogP contribution in [-0.2, 0) is 17.0 Å². The van der Waals surface area contributed by atoms with Crippen molar-refractivity contribution in [1.29, 1.82) is 0 Å². The molecule has 0 unspecified atom stereocenters. The first-order valence-corrected chi connectivity index (χ1v) is 7.13. The first-order chi connectivity index (χ1) is 9.95. The summed E-state index contributed by atoms with van der Waals surface area (Å²) in [5.41, 5.74) is 1.03. The number of H-pyrrole nitrogens is 1. The molecule has 1 aromatic heterocycles. The van der Waals surface area contributed by atoms with Crippen molar-refractivity contribution in [1.82, 2.24) is 9.97 Å². The number of aromatic nitrogens is 2. The summed E-state index contributed by atoms with van der Waals surface area (Å²) in [6.07, 6.45) is -0.350. The highest BCUT2D eigenvalue weighted by Crippen LogP contribution is 2.19. The fourth-order valence-corrected chi connectivity index (χ4v) is 2.61. The molecule has 0 atom stereocenters. The lowest BCUT2D eigenvalue weighted by Crippen LogP contribution is -2.20. The van der Waals surface area contributed by atoms with Crippen LogP contribution in [0.25, 0.3) is 0 Å². The van der Waals surface area contributed by atoms with Gasteiger partial charge in [0.2, 0.25) is 0 Å². The molecule has 1 heterocycles. The number of benzene rings is 1. The second kappa shape index (κ2) is 6.53.